The Kier molecular flexibility index (Phi) is 13.6. The third kappa shape index (κ3) is 17.8. The van der Waals surface area contributed by atoms with Gasteiger partial charge in [-0.3, -0.25) is 4.79 Å². The van der Waals surface area contributed by atoms with E-state index in [-0.39, 0.29) is 5.91 Å². The van der Waals surface area contributed by atoms with E-state index in [9.17, 15) is 4.79 Å². The average Bonchev–Trinajstić information content (AvgIpc) is 2.53. The van der Waals surface area contributed by atoms with Crippen molar-refractivity contribution in [3.05, 3.63) is 46.6 Å². The normalized spacial score (nSPS) is 13.5. The summed E-state index contributed by atoms with van der Waals surface area (Å²) in [6.45, 7) is 12.4. The molecule has 0 saturated heterocycles. The van der Waals surface area contributed by atoms with Crippen LogP contribution in [0.4, 0.5) is 0 Å². The van der Waals surface area contributed by atoms with Crippen LogP contribution < -0.4 is 5.32 Å². The number of likely N-dealkylation sites (N-methyl/N-ethyl adjacent to an activating group) is 1. The minimum absolute atomic E-state index is 0.0281. The summed E-state index contributed by atoms with van der Waals surface area (Å²) < 4.78 is 0.858. The maximum Gasteiger partial charge on any atom is 0.244 e. The summed E-state index contributed by atoms with van der Waals surface area (Å²) in [6.07, 6.45) is 15.2. The van der Waals surface area contributed by atoms with E-state index in [1.807, 2.05) is 6.92 Å². The fourth-order valence-electron chi connectivity index (χ4n) is 2.75. The van der Waals surface area contributed by atoms with E-state index in [0.29, 0.717) is 6.54 Å². The lowest BCUT2D eigenvalue weighted by molar-refractivity contribution is -0.869. The molecule has 0 bridgehead atoms. The molecular formula is C25H45N2O+. The van der Waals surface area contributed by atoms with Crippen molar-refractivity contribution in [3.63, 3.8) is 0 Å². The third-order valence-corrected chi connectivity index (χ3v) is 4.61. The zero-order valence-corrected chi connectivity index (χ0v) is 19.8. The molecule has 0 heterocycles. The van der Waals surface area contributed by atoms with Gasteiger partial charge in [-0.2, -0.15) is 0 Å². The molecule has 0 atom stereocenters. The Balaban J connectivity index is 4.12. The predicted octanol–water partition coefficient (Wildman–Crippen LogP) is 5.95. The first-order chi connectivity index (χ1) is 13.0. The van der Waals surface area contributed by atoms with Crippen LogP contribution in [0.5, 0.6) is 0 Å². The summed E-state index contributed by atoms with van der Waals surface area (Å²) in [4.78, 5) is 11.9. The highest BCUT2D eigenvalue weighted by molar-refractivity contribution is 5.88. The average molecular weight is 390 g/mol. The van der Waals surface area contributed by atoms with Crippen molar-refractivity contribution in [1.82, 2.24) is 5.32 Å². The number of nitrogens with one attached hydrogen (secondary N) is 1. The fraction of sp³-hybridized carbons (Fsp3) is 0.640. The molecule has 0 aromatic heterocycles. The number of hydrogen-bond acceptors (Lipinski definition) is 1. The van der Waals surface area contributed by atoms with Gasteiger partial charge in [0.25, 0.3) is 0 Å². The largest absolute Gasteiger partial charge is 0.347 e. The van der Waals surface area contributed by atoms with Gasteiger partial charge < -0.3 is 9.80 Å². The molecule has 3 nitrogen and oxygen atoms in total. The van der Waals surface area contributed by atoms with E-state index in [2.05, 4.69) is 72.4 Å². The molecule has 0 aromatic rings. The molecule has 0 radical (unpaired) electrons. The molecule has 160 valence electrons. The van der Waals surface area contributed by atoms with Crippen LogP contribution in [0.3, 0.4) is 0 Å². The van der Waals surface area contributed by atoms with Gasteiger partial charge in [-0.1, -0.05) is 40.5 Å². The summed E-state index contributed by atoms with van der Waals surface area (Å²) in [5.41, 5.74) is 5.47. The van der Waals surface area contributed by atoms with Crippen LogP contribution in [0.2, 0.25) is 0 Å². The SMILES string of the molecule is CC(C)=CCC/C(C)=C/CC/C(C)=C/CC/C(C)=C/C(=O)NCC[N+](C)(C)C. The second-order valence-corrected chi connectivity index (χ2v) is 9.29. The second-order valence-electron chi connectivity index (χ2n) is 9.29. The molecule has 0 aliphatic carbocycles. The third-order valence-electron chi connectivity index (χ3n) is 4.61. The van der Waals surface area contributed by atoms with Gasteiger partial charge in [0, 0.05) is 6.08 Å². The van der Waals surface area contributed by atoms with Crippen molar-refractivity contribution in [2.45, 2.75) is 73.1 Å². The van der Waals surface area contributed by atoms with Crippen molar-refractivity contribution in [3.8, 4) is 0 Å². The van der Waals surface area contributed by atoms with Gasteiger partial charge in [0.2, 0.25) is 5.91 Å². The lowest BCUT2D eigenvalue weighted by Gasteiger charge is -2.23. The molecule has 0 rings (SSSR count). The van der Waals surface area contributed by atoms with Crippen LogP contribution >= 0.6 is 0 Å². The molecule has 0 saturated carbocycles. The molecule has 0 unspecified atom stereocenters. The summed E-state index contributed by atoms with van der Waals surface area (Å²) in [5, 5.41) is 2.97. The topological polar surface area (TPSA) is 29.1 Å². The number of allylic oxidation sites excluding steroid dienone is 7. The van der Waals surface area contributed by atoms with Gasteiger partial charge in [0.15, 0.2) is 0 Å². The van der Waals surface area contributed by atoms with E-state index >= 15 is 0 Å². The predicted molar refractivity (Wildman–Crippen MR) is 124 cm³/mol. The Hall–Kier alpha value is -1.61. The minimum Gasteiger partial charge on any atom is -0.347 e. The van der Waals surface area contributed by atoms with Crippen molar-refractivity contribution < 1.29 is 9.28 Å². The first-order valence-corrected chi connectivity index (χ1v) is 10.7. The maximum atomic E-state index is 11.9. The standard InChI is InChI=1S/C25H44N2O/c1-21(2)12-9-13-22(3)14-10-15-23(4)16-11-17-24(5)20-25(28)26-18-19-27(6,7)8/h12,14,16,20H,9-11,13,15,17-19H2,1-8H3/p+1/b22-14+,23-16+,24-20+. The number of quaternary nitrogens is 1. The highest BCUT2D eigenvalue weighted by Gasteiger charge is 2.06. The van der Waals surface area contributed by atoms with E-state index in [1.165, 1.54) is 16.7 Å². The van der Waals surface area contributed by atoms with E-state index in [0.717, 1.165) is 55.1 Å². The zero-order chi connectivity index (χ0) is 21.6. The van der Waals surface area contributed by atoms with E-state index < -0.39 is 0 Å². The molecule has 0 aliphatic rings. The summed E-state index contributed by atoms with van der Waals surface area (Å²) in [7, 11) is 6.39. The van der Waals surface area contributed by atoms with E-state index in [4.69, 9.17) is 0 Å². The summed E-state index contributed by atoms with van der Waals surface area (Å²) in [6, 6.07) is 0. The monoisotopic (exact) mass is 389 g/mol. The molecule has 0 spiro atoms. The van der Waals surface area contributed by atoms with Gasteiger partial charge in [0.05, 0.1) is 34.2 Å². The van der Waals surface area contributed by atoms with Gasteiger partial charge in [-0.25, -0.2) is 0 Å². The number of hydrogen-bond donors (Lipinski definition) is 1. The molecule has 3 heteroatoms. The number of rotatable bonds is 13. The van der Waals surface area contributed by atoms with Crippen molar-refractivity contribution in [2.75, 3.05) is 34.2 Å². The zero-order valence-electron chi connectivity index (χ0n) is 19.8. The van der Waals surface area contributed by atoms with Gasteiger partial charge in [0.1, 0.15) is 0 Å². The first kappa shape index (κ1) is 26.4. The summed E-state index contributed by atoms with van der Waals surface area (Å²) >= 11 is 0. The number of nitrogens with zero attached hydrogens (tertiary/aromatic N) is 1. The Bertz CT molecular complexity index is 582. The number of carbonyl (C=O) groups is 1. The van der Waals surface area contributed by atoms with Crippen molar-refractivity contribution in [1.29, 1.82) is 0 Å². The highest BCUT2D eigenvalue weighted by Crippen LogP contribution is 2.13. The fourth-order valence-corrected chi connectivity index (χ4v) is 2.75. The minimum atomic E-state index is 0.0281. The Labute approximate surface area is 174 Å². The quantitative estimate of drug-likeness (QED) is 0.235. The van der Waals surface area contributed by atoms with Crippen LogP contribution in [0.1, 0.15) is 73.1 Å². The van der Waals surface area contributed by atoms with Gasteiger partial charge >= 0.3 is 0 Å². The van der Waals surface area contributed by atoms with Crippen LogP contribution in [0.15, 0.2) is 46.6 Å². The molecule has 0 aromatic carbocycles. The van der Waals surface area contributed by atoms with Crippen molar-refractivity contribution in [2.24, 2.45) is 0 Å². The Morgan fingerprint density at radius 3 is 1.68 bits per heavy atom. The Morgan fingerprint density at radius 2 is 1.21 bits per heavy atom. The first-order valence-electron chi connectivity index (χ1n) is 10.7. The van der Waals surface area contributed by atoms with Crippen molar-refractivity contribution >= 4 is 5.91 Å². The molecule has 0 fully saturated rings. The van der Waals surface area contributed by atoms with Crippen LogP contribution in [-0.4, -0.2) is 44.6 Å². The van der Waals surface area contributed by atoms with Crippen LogP contribution in [0.25, 0.3) is 0 Å². The summed E-state index contributed by atoms with van der Waals surface area (Å²) in [5.74, 6) is 0.0281. The number of carbonyl (C=O) groups excluding carboxylic acids is 1. The molecule has 1 amide bonds. The van der Waals surface area contributed by atoms with Gasteiger partial charge in [-0.05, 0) is 73.1 Å². The molecule has 28 heavy (non-hydrogen) atoms. The molecule has 1 N–H and O–H groups in total. The Morgan fingerprint density at radius 1 is 0.750 bits per heavy atom. The van der Waals surface area contributed by atoms with E-state index in [1.54, 1.807) is 6.08 Å². The number of amides is 1. The van der Waals surface area contributed by atoms with Gasteiger partial charge in [-0.15, -0.1) is 0 Å². The lowest BCUT2D eigenvalue weighted by atomic mass is 10.0. The van der Waals surface area contributed by atoms with Crippen LogP contribution in [-0.2, 0) is 4.79 Å². The van der Waals surface area contributed by atoms with Crippen LogP contribution in [0, 0.1) is 0 Å². The lowest BCUT2D eigenvalue weighted by Crippen LogP contribution is -2.41. The maximum absolute atomic E-state index is 11.9. The molecular weight excluding hydrogens is 344 g/mol. The second kappa shape index (κ2) is 14.4. The smallest absolute Gasteiger partial charge is 0.244 e. The molecule has 0 aliphatic heterocycles. The highest BCUT2D eigenvalue weighted by atomic mass is 16.1.